The summed E-state index contributed by atoms with van der Waals surface area (Å²) >= 11 is 0. The van der Waals surface area contributed by atoms with Crippen LogP contribution in [0.4, 0.5) is 8.78 Å². The minimum Gasteiger partial charge on any atom is -0.275 e. The molecule has 3 aromatic rings. The Balaban J connectivity index is 2.23. The first kappa shape index (κ1) is 15.6. The van der Waals surface area contributed by atoms with Gasteiger partial charge < -0.3 is 0 Å². The molecule has 23 heavy (non-hydrogen) atoms. The van der Waals surface area contributed by atoms with Gasteiger partial charge in [-0.2, -0.15) is 10.2 Å². The topological polar surface area (TPSA) is 48.5 Å². The molecule has 5 nitrogen and oxygen atoms in total. The zero-order valence-corrected chi connectivity index (χ0v) is 13.4. The number of unbranched alkanes of at least 4 members (excludes halogenated alkanes) is 1. The van der Waals surface area contributed by atoms with Crippen LogP contribution < -0.4 is 0 Å². The van der Waals surface area contributed by atoms with Gasteiger partial charge in [-0.15, -0.1) is 0 Å². The number of hydrogen-bond acceptors (Lipinski definition) is 3. The zero-order valence-electron chi connectivity index (χ0n) is 13.4. The lowest BCUT2D eigenvalue weighted by Gasteiger charge is -2.07. The molecule has 122 valence electrons. The smallest absolute Gasteiger partial charge is 0.264 e. The van der Waals surface area contributed by atoms with Crippen LogP contribution in [0.5, 0.6) is 0 Å². The normalized spacial score (nSPS) is 11.7. The maximum atomic E-state index is 13.5. The van der Waals surface area contributed by atoms with Crippen LogP contribution >= 0.6 is 0 Å². The molecule has 3 aromatic heterocycles. The summed E-state index contributed by atoms with van der Waals surface area (Å²) in [5.74, 6) is 0. The summed E-state index contributed by atoms with van der Waals surface area (Å²) in [6.45, 7) is 4.50. The van der Waals surface area contributed by atoms with Gasteiger partial charge in [0.15, 0.2) is 5.65 Å². The highest BCUT2D eigenvalue weighted by Gasteiger charge is 2.21. The second-order valence-corrected chi connectivity index (χ2v) is 5.63. The SMILES string of the molecule is CCCCn1nc(C)c2c(C(F)F)cc(-c3ccn(C)n3)nc21. The van der Waals surface area contributed by atoms with Crippen LogP contribution in [0, 0.1) is 6.92 Å². The number of aromatic nitrogens is 5. The summed E-state index contributed by atoms with van der Waals surface area (Å²) in [5.41, 5.74) is 2.10. The van der Waals surface area contributed by atoms with E-state index in [1.807, 2.05) is 0 Å². The third-order valence-electron chi connectivity index (χ3n) is 3.84. The Morgan fingerprint density at radius 2 is 2.00 bits per heavy atom. The molecule has 0 radical (unpaired) electrons. The second-order valence-electron chi connectivity index (χ2n) is 5.63. The minimum atomic E-state index is -2.58. The van der Waals surface area contributed by atoms with Crippen molar-refractivity contribution in [3.63, 3.8) is 0 Å². The van der Waals surface area contributed by atoms with Gasteiger partial charge in [0.25, 0.3) is 6.43 Å². The van der Waals surface area contributed by atoms with Crippen LogP contribution in [0.3, 0.4) is 0 Å². The molecule has 0 fully saturated rings. The van der Waals surface area contributed by atoms with E-state index in [1.165, 1.54) is 6.07 Å². The highest BCUT2D eigenvalue weighted by atomic mass is 19.3. The Hall–Kier alpha value is -2.31. The van der Waals surface area contributed by atoms with Gasteiger partial charge in [0.05, 0.1) is 16.8 Å². The van der Waals surface area contributed by atoms with Crippen LogP contribution in [0.1, 0.15) is 37.4 Å². The molecule has 0 spiro atoms. The van der Waals surface area contributed by atoms with Crippen molar-refractivity contribution in [3.05, 3.63) is 29.6 Å². The van der Waals surface area contributed by atoms with Crippen molar-refractivity contribution in [2.45, 2.75) is 39.7 Å². The van der Waals surface area contributed by atoms with Crippen molar-refractivity contribution in [1.29, 1.82) is 0 Å². The van der Waals surface area contributed by atoms with E-state index >= 15 is 0 Å². The fraction of sp³-hybridized carbons (Fsp3) is 0.438. The van der Waals surface area contributed by atoms with E-state index in [9.17, 15) is 8.78 Å². The third kappa shape index (κ3) is 2.83. The van der Waals surface area contributed by atoms with E-state index in [0.29, 0.717) is 34.7 Å². The number of nitrogens with zero attached hydrogens (tertiary/aromatic N) is 5. The highest BCUT2D eigenvalue weighted by Crippen LogP contribution is 2.32. The molecule has 7 heteroatoms. The summed E-state index contributed by atoms with van der Waals surface area (Å²) in [5, 5.41) is 9.13. The maximum Gasteiger partial charge on any atom is 0.264 e. The Morgan fingerprint density at radius 3 is 2.61 bits per heavy atom. The van der Waals surface area contributed by atoms with E-state index < -0.39 is 6.43 Å². The summed E-state index contributed by atoms with van der Waals surface area (Å²) in [6.07, 6.45) is 1.12. The van der Waals surface area contributed by atoms with E-state index in [0.717, 1.165) is 12.8 Å². The largest absolute Gasteiger partial charge is 0.275 e. The average molecular weight is 319 g/mol. The summed E-state index contributed by atoms with van der Waals surface area (Å²) < 4.78 is 30.5. The zero-order chi connectivity index (χ0) is 16.6. The van der Waals surface area contributed by atoms with Gasteiger partial charge in [0, 0.05) is 25.4 Å². The quantitative estimate of drug-likeness (QED) is 0.717. The van der Waals surface area contributed by atoms with Gasteiger partial charge in [-0.1, -0.05) is 13.3 Å². The molecule has 0 bridgehead atoms. The maximum absolute atomic E-state index is 13.5. The number of aryl methyl sites for hydroxylation is 3. The molecule has 0 saturated carbocycles. The monoisotopic (exact) mass is 319 g/mol. The predicted octanol–water partition coefficient (Wildman–Crippen LogP) is 3.88. The molecule has 0 atom stereocenters. The lowest BCUT2D eigenvalue weighted by Crippen LogP contribution is -2.02. The molecule has 3 rings (SSSR count). The fourth-order valence-electron chi connectivity index (χ4n) is 2.71. The third-order valence-corrected chi connectivity index (χ3v) is 3.84. The van der Waals surface area contributed by atoms with Crippen molar-refractivity contribution in [1.82, 2.24) is 24.5 Å². The van der Waals surface area contributed by atoms with Gasteiger partial charge in [0.1, 0.15) is 5.69 Å². The number of halogens is 2. The number of hydrogen-bond donors (Lipinski definition) is 0. The number of fused-ring (bicyclic) bond motifs is 1. The molecule has 0 aliphatic rings. The molecule has 0 saturated heterocycles. The van der Waals surface area contributed by atoms with E-state index in [4.69, 9.17) is 0 Å². The number of pyridine rings is 1. The first-order valence-electron chi connectivity index (χ1n) is 7.67. The van der Waals surface area contributed by atoms with Gasteiger partial charge in [-0.3, -0.25) is 4.68 Å². The average Bonchev–Trinajstić information content (AvgIpc) is 3.08. The molecule has 0 N–H and O–H groups in total. The van der Waals surface area contributed by atoms with Gasteiger partial charge in [0.2, 0.25) is 0 Å². The highest BCUT2D eigenvalue weighted by molar-refractivity contribution is 5.85. The van der Waals surface area contributed by atoms with Crippen molar-refractivity contribution in [3.8, 4) is 11.4 Å². The van der Waals surface area contributed by atoms with Crippen molar-refractivity contribution >= 4 is 11.0 Å². The molecule has 0 aliphatic heterocycles. The van der Waals surface area contributed by atoms with Crippen LogP contribution in [-0.4, -0.2) is 24.5 Å². The Morgan fingerprint density at radius 1 is 1.22 bits per heavy atom. The van der Waals surface area contributed by atoms with Crippen LogP contribution in [0.15, 0.2) is 18.3 Å². The first-order chi connectivity index (χ1) is 11.0. The number of rotatable bonds is 5. The van der Waals surface area contributed by atoms with Crippen molar-refractivity contribution < 1.29 is 8.78 Å². The molecule has 3 heterocycles. The molecule has 0 aromatic carbocycles. The Kier molecular flexibility index (Phi) is 4.11. The van der Waals surface area contributed by atoms with E-state index in [1.54, 1.807) is 35.6 Å². The first-order valence-corrected chi connectivity index (χ1v) is 7.67. The Bertz CT molecular complexity index is 834. The predicted molar refractivity (Wildman–Crippen MR) is 84.3 cm³/mol. The molecule has 0 amide bonds. The molecular weight excluding hydrogens is 300 g/mol. The summed E-state index contributed by atoms with van der Waals surface area (Å²) in [7, 11) is 1.78. The van der Waals surface area contributed by atoms with Crippen LogP contribution in [0.25, 0.3) is 22.4 Å². The fourth-order valence-corrected chi connectivity index (χ4v) is 2.71. The molecule has 0 aliphatic carbocycles. The summed E-state index contributed by atoms with van der Waals surface area (Å²) in [4.78, 5) is 4.57. The van der Waals surface area contributed by atoms with Gasteiger partial charge >= 0.3 is 0 Å². The van der Waals surface area contributed by atoms with Gasteiger partial charge in [-0.25, -0.2) is 18.4 Å². The van der Waals surface area contributed by atoms with Gasteiger partial charge in [-0.05, 0) is 25.5 Å². The molecular formula is C16H19F2N5. The second kappa shape index (κ2) is 6.06. The van der Waals surface area contributed by atoms with Crippen LogP contribution in [0.2, 0.25) is 0 Å². The number of alkyl halides is 2. The van der Waals surface area contributed by atoms with E-state index in [2.05, 4.69) is 22.1 Å². The standard InChI is InChI=1S/C16H19F2N5/c1-4-5-7-23-16-14(10(2)20-23)11(15(17)18)9-13(19-16)12-6-8-22(3)21-12/h6,8-9,15H,4-5,7H2,1-3H3. The lowest BCUT2D eigenvalue weighted by molar-refractivity contribution is 0.153. The molecule has 0 unspecified atom stereocenters. The van der Waals surface area contributed by atoms with Crippen molar-refractivity contribution in [2.75, 3.05) is 0 Å². The summed E-state index contributed by atoms with van der Waals surface area (Å²) in [6, 6.07) is 3.19. The lowest BCUT2D eigenvalue weighted by atomic mass is 10.1. The van der Waals surface area contributed by atoms with Crippen LogP contribution in [-0.2, 0) is 13.6 Å². The Labute approximate surface area is 132 Å². The van der Waals surface area contributed by atoms with E-state index in [-0.39, 0.29) is 5.56 Å². The van der Waals surface area contributed by atoms with Crippen molar-refractivity contribution in [2.24, 2.45) is 7.05 Å². The minimum absolute atomic E-state index is 0.0316.